The quantitative estimate of drug-likeness (QED) is 0.721. The van der Waals surface area contributed by atoms with E-state index in [9.17, 15) is 18.0 Å². The molecular weight excluding hydrogens is 357 g/mol. The van der Waals surface area contributed by atoms with E-state index in [1.165, 1.54) is 18.5 Å². The van der Waals surface area contributed by atoms with Gasteiger partial charge in [0.25, 0.3) is 5.91 Å². The Labute approximate surface area is 152 Å². The lowest BCUT2D eigenvalue weighted by Gasteiger charge is -2.06. The highest BCUT2D eigenvalue weighted by atomic mass is 19.4. The second-order valence-electron chi connectivity index (χ2n) is 5.45. The van der Waals surface area contributed by atoms with E-state index in [0.29, 0.717) is 5.56 Å². The normalized spacial score (nSPS) is 10.8. The Hall–Kier alpha value is -3.60. The summed E-state index contributed by atoms with van der Waals surface area (Å²) in [6.07, 6.45) is -1.47. The molecule has 0 bridgehead atoms. The van der Waals surface area contributed by atoms with Crippen molar-refractivity contribution in [2.45, 2.75) is 6.18 Å². The highest BCUT2D eigenvalue weighted by molar-refractivity contribution is 5.94. The molecule has 8 heteroatoms. The predicted octanol–water partition coefficient (Wildman–Crippen LogP) is 3.07. The molecule has 0 fully saturated rings. The number of amides is 1. The minimum absolute atomic E-state index is 0.0138. The number of carbonyl (C=O) groups is 1. The van der Waals surface area contributed by atoms with Crippen LogP contribution in [0.3, 0.4) is 0 Å². The molecule has 0 aliphatic rings. The largest absolute Gasteiger partial charge is 0.416 e. The zero-order chi connectivity index (χ0) is 19.3. The van der Waals surface area contributed by atoms with Gasteiger partial charge in [-0.15, -0.1) is 0 Å². The van der Waals surface area contributed by atoms with Gasteiger partial charge in [0.1, 0.15) is 12.7 Å². The van der Waals surface area contributed by atoms with Gasteiger partial charge >= 0.3 is 6.18 Å². The number of halogens is 3. The van der Waals surface area contributed by atoms with Gasteiger partial charge in [0.05, 0.1) is 17.8 Å². The third-order valence-corrected chi connectivity index (χ3v) is 3.57. The van der Waals surface area contributed by atoms with Gasteiger partial charge in [-0.05, 0) is 42.5 Å². The lowest BCUT2D eigenvalue weighted by atomic mass is 10.1. The monoisotopic (exact) mass is 370 g/mol. The molecule has 2 aromatic carbocycles. The van der Waals surface area contributed by atoms with Crippen molar-refractivity contribution in [3.63, 3.8) is 0 Å². The summed E-state index contributed by atoms with van der Waals surface area (Å²) < 4.78 is 39.5. The van der Waals surface area contributed by atoms with Crippen molar-refractivity contribution in [2.75, 3.05) is 6.54 Å². The maximum atomic E-state index is 12.7. The molecule has 3 aromatic rings. The summed E-state index contributed by atoms with van der Waals surface area (Å²) in [4.78, 5) is 15.9. The van der Waals surface area contributed by atoms with Crippen LogP contribution in [0, 0.1) is 11.8 Å². The van der Waals surface area contributed by atoms with Gasteiger partial charge in [-0.3, -0.25) is 4.79 Å². The van der Waals surface area contributed by atoms with Gasteiger partial charge in [-0.25, -0.2) is 9.67 Å². The van der Waals surface area contributed by atoms with E-state index < -0.39 is 11.7 Å². The molecular formula is C19H13F3N4O. The van der Waals surface area contributed by atoms with E-state index in [-0.39, 0.29) is 18.0 Å². The third-order valence-electron chi connectivity index (χ3n) is 3.57. The molecule has 0 spiro atoms. The molecule has 27 heavy (non-hydrogen) atoms. The van der Waals surface area contributed by atoms with Crippen molar-refractivity contribution in [3.8, 4) is 17.5 Å². The molecule has 1 aromatic heterocycles. The number of aromatic nitrogens is 3. The molecule has 1 heterocycles. The standard InChI is InChI=1S/C19H13F3N4O/c20-19(21,22)16-5-1-3-14(11-16)4-2-10-24-18(27)15-6-8-17(9-7-15)26-13-23-12-25-26/h1,3,5-9,11-13H,10H2,(H,24,27). The Morgan fingerprint density at radius 1 is 1.15 bits per heavy atom. The van der Waals surface area contributed by atoms with Crippen molar-refractivity contribution < 1.29 is 18.0 Å². The van der Waals surface area contributed by atoms with Crippen LogP contribution in [0.2, 0.25) is 0 Å². The summed E-state index contributed by atoms with van der Waals surface area (Å²) in [5, 5.41) is 6.59. The van der Waals surface area contributed by atoms with Crippen LogP contribution >= 0.6 is 0 Å². The molecule has 0 saturated heterocycles. The fourth-order valence-corrected chi connectivity index (χ4v) is 2.25. The number of nitrogens with zero attached hydrogens (tertiary/aromatic N) is 3. The summed E-state index contributed by atoms with van der Waals surface area (Å²) in [7, 11) is 0. The van der Waals surface area contributed by atoms with Gasteiger partial charge in [0.2, 0.25) is 0 Å². The Bertz CT molecular complexity index is 984. The van der Waals surface area contributed by atoms with Gasteiger partial charge in [0.15, 0.2) is 0 Å². The minimum Gasteiger partial charge on any atom is -0.341 e. The molecule has 0 atom stereocenters. The summed E-state index contributed by atoms with van der Waals surface area (Å²) in [5.74, 6) is 4.92. The lowest BCUT2D eigenvalue weighted by Crippen LogP contribution is -2.23. The van der Waals surface area contributed by atoms with Crippen LogP contribution in [0.1, 0.15) is 21.5 Å². The summed E-state index contributed by atoms with van der Waals surface area (Å²) in [5.41, 5.74) is 0.662. The number of rotatable bonds is 3. The maximum Gasteiger partial charge on any atom is 0.416 e. The van der Waals surface area contributed by atoms with Crippen molar-refractivity contribution in [1.82, 2.24) is 20.1 Å². The van der Waals surface area contributed by atoms with E-state index in [0.717, 1.165) is 17.8 Å². The minimum atomic E-state index is -4.41. The molecule has 3 rings (SSSR count). The molecule has 5 nitrogen and oxygen atoms in total. The predicted molar refractivity (Wildman–Crippen MR) is 92.0 cm³/mol. The molecule has 1 N–H and O–H groups in total. The first-order valence-corrected chi connectivity index (χ1v) is 7.83. The van der Waals surface area contributed by atoms with Crippen LogP contribution < -0.4 is 5.32 Å². The van der Waals surface area contributed by atoms with Crippen molar-refractivity contribution in [3.05, 3.63) is 77.9 Å². The van der Waals surface area contributed by atoms with E-state index >= 15 is 0 Å². The second kappa shape index (κ2) is 7.74. The average molecular weight is 370 g/mol. The SMILES string of the molecule is O=C(NCC#Cc1cccc(C(F)(F)F)c1)c1ccc(-n2cncn2)cc1. The van der Waals surface area contributed by atoms with Gasteiger partial charge in [0, 0.05) is 11.1 Å². The number of alkyl halides is 3. The Kier molecular flexibility index (Phi) is 5.22. The Balaban J connectivity index is 1.58. The van der Waals surface area contributed by atoms with Crippen molar-refractivity contribution in [2.24, 2.45) is 0 Å². The maximum absolute atomic E-state index is 12.7. The topological polar surface area (TPSA) is 59.8 Å². The second-order valence-corrected chi connectivity index (χ2v) is 5.45. The first kappa shape index (κ1) is 18.2. The zero-order valence-electron chi connectivity index (χ0n) is 13.9. The zero-order valence-corrected chi connectivity index (χ0v) is 13.9. The summed E-state index contributed by atoms with van der Waals surface area (Å²) in [6, 6.07) is 11.4. The van der Waals surface area contributed by atoms with Crippen molar-refractivity contribution >= 4 is 5.91 Å². The van der Waals surface area contributed by atoms with Crippen LogP contribution in [0.4, 0.5) is 13.2 Å². The Morgan fingerprint density at radius 2 is 1.93 bits per heavy atom. The molecule has 0 aliphatic heterocycles. The van der Waals surface area contributed by atoms with Gasteiger partial charge in [-0.2, -0.15) is 18.3 Å². The smallest absolute Gasteiger partial charge is 0.341 e. The van der Waals surface area contributed by atoms with E-state index in [1.807, 2.05) is 0 Å². The van der Waals surface area contributed by atoms with E-state index in [1.54, 1.807) is 35.3 Å². The fraction of sp³-hybridized carbons (Fsp3) is 0.105. The van der Waals surface area contributed by atoms with Gasteiger partial charge in [-0.1, -0.05) is 17.9 Å². The molecule has 1 amide bonds. The number of benzene rings is 2. The average Bonchev–Trinajstić information content (AvgIpc) is 3.19. The van der Waals surface area contributed by atoms with E-state index in [2.05, 4.69) is 27.2 Å². The van der Waals surface area contributed by atoms with E-state index in [4.69, 9.17) is 0 Å². The van der Waals surface area contributed by atoms with Crippen molar-refractivity contribution in [1.29, 1.82) is 0 Å². The number of carbonyl (C=O) groups excluding carboxylic acids is 1. The summed E-state index contributed by atoms with van der Waals surface area (Å²) in [6.45, 7) is 0.0138. The van der Waals surface area contributed by atoms with Crippen LogP contribution in [0.25, 0.3) is 5.69 Å². The van der Waals surface area contributed by atoms with Crippen LogP contribution in [0.15, 0.2) is 61.2 Å². The first-order valence-electron chi connectivity index (χ1n) is 7.83. The van der Waals surface area contributed by atoms with Gasteiger partial charge < -0.3 is 5.32 Å². The molecule has 0 unspecified atom stereocenters. The number of hydrogen-bond donors (Lipinski definition) is 1. The number of nitrogens with one attached hydrogen (secondary N) is 1. The highest BCUT2D eigenvalue weighted by Gasteiger charge is 2.30. The van der Waals surface area contributed by atoms with Crippen LogP contribution in [-0.2, 0) is 6.18 Å². The molecule has 0 aliphatic carbocycles. The number of hydrogen-bond acceptors (Lipinski definition) is 3. The van der Waals surface area contributed by atoms with Crippen LogP contribution in [-0.4, -0.2) is 27.2 Å². The Morgan fingerprint density at radius 3 is 2.59 bits per heavy atom. The molecule has 136 valence electrons. The molecule has 0 radical (unpaired) electrons. The molecule has 0 saturated carbocycles. The first-order chi connectivity index (χ1) is 12.9. The summed E-state index contributed by atoms with van der Waals surface area (Å²) >= 11 is 0. The highest BCUT2D eigenvalue weighted by Crippen LogP contribution is 2.29. The fourth-order valence-electron chi connectivity index (χ4n) is 2.25. The lowest BCUT2D eigenvalue weighted by molar-refractivity contribution is -0.137. The third kappa shape index (κ3) is 4.73. The van der Waals surface area contributed by atoms with Crippen LogP contribution in [0.5, 0.6) is 0 Å².